The van der Waals surface area contributed by atoms with E-state index in [1.54, 1.807) is 0 Å². The molecular formula is C19H27NO. The molecule has 1 heterocycles. The molecule has 1 aliphatic carbocycles. The van der Waals surface area contributed by atoms with E-state index in [0.29, 0.717) is 12.0 Å². The first-order valence-electron chi connectivity index (χ1n) is 8.49. The molecule has 2 unspecified atom stereocenters. The highest BCUT2D eigenvalue weighted by molar-refractivity contribution is 5.79. The molecule has 114 valence electrons. The van der Waals surface area contributed by atoms with Gasteiger partial charge in [0.15, 0.2) is 0 Å². The van der Waals surface area contributed by atoms with E-state index >= 15 is 0 Å². The first kappa shape index (κ1) is 14.6. The monoisotopic (exact) mass is 285 g/mol. The van der Waals surface area contributed by atoms with Crippen LogP contribution in [0.1, 0.15) is 69.7 Å². The fraction of sp³-hybridized carbons (Fsp3) is 0.579. The van der Waals surface area contributed by atoms with E-state index in [2.05, 4.69) is 50.4 Å². The van der Waals surface area contributed by atoms with Crippen LogP contribution in [-0.4, -0.2) is 6.54 Å². The van der Waals surface area contributed by atoms with Crippen molar-refractivity contribution < 1.29 is 4.42 Å². The van der Waals surface area contributed by atoms with Gasteiger partial charge in [-0.15, -0.1) is 0 Å². The number of furan rings is 1. The smallest absolute Gasteiger partial charge is 0.134 e. The van der Waals surface area contributed by atoms with Gasteiger partial charge in [0.2, 0.25) is 0 Å². The Hall–Kier alpha value is -1.28. The molecule has 0 radical (unpaired) electrons. The maximum Gasteiger partial charge on any atom is 0.134 e. The van der Waals surface area contributed by atoms with E-state index in [1.165, 1.54) is 36.6 Å². The minimum Gasteiger partial charge on any atom is -0.459 e. The number of rotatable bonds is 7. The summed E-state index contributed by atoms with van der Waals surface area (Å²) < 4.78 is 6.13. The average Bonchev–Trinajstić information content (AvgIpc) is 3.25. The van der Waals surface area contributed by atoms with E-state index < -0.39 is 0 Å². The van der Waals surface area contributed by atoms with Crippen molar-refractivity contribution in [1.82, 2.24) is 5.32 Å². The first-order valence-corrected chi connectivity index (χ1v) is 8.49. The highest BCUT2D eigenvalue weighted by atomic mass is 16.3. The SMILES string of the molecule is CCCNC(c1cc2cc(C(C)CC)ccc2o1)C1CC1. The number of hydrogen-bond donors (Lipinski definition) is 1. The molecule has 2 atom stereocenters. The maximum atomic E-state index is 6.13. The van der Waals surface area contributed by atoms with Crippen LogP contribution in [0.5, 0.6) is 0 Å². The lowest BCUT2D eigenvalue weighted by Crippen LogP contribution is -2.23. The maximum absolute atomic E-state index is 6.13. The van der Waals surface area contributed by atoms with Gasteiger partial charge in [0.25, 0.3) is 0 Å². The van der Waals surface area contributed by atoms with Crippen molar-refractivity contribution in [3.63, 3.8) is 0 Å². The summed E-state index contributed by atoms with van der Waals surface area (Å²) in [7, 11) is 0. The van der Waals surface area contributed by atoms with Crippen molar-refractivity contribution in [3.8, 4) is 0 Å². The van der Waals surface area contributed by atoms with Crippen molar-refractivity contribution in [2.75, 3.05) is 6.54 Å². The fourth-order valence-corrected chi connectivity index (χ4v) is 3.01. The molecule has 0 amide bonds. The lowest BCUT2D eigenvalue weighted by molar-refractivity contribution is 0.396. The molecule has 1 fully saturated rings. The molecule has 0 aliphatic heterocycles. The van der Waals surface area contributed by atoms with Gasteiger partial charge in [-0.25, -0.2) is 0 Å². The van der Waals surface area contributed by atoms with Crippen molar-refractivity contribution in [1.29, 1.82) is 0 Å². The largest absolute Gasteiger partial charge is 0.459 e. The Kier molecular flexibility index (Phi) is 4.34. The average molecular weight is 285 g/mol. The molecule has 2 heteroatoms. The van der Waals surface area contributed by atoms with Gasteiger partial charge in [-0.05, 0) is 67.8 Å². The summed E-state index contributed by atoms with van der Waals surface area (Å²) in [4.78, 5) is 0. The molecule has 2 aromatic rings. The minimum absolute atomic E-state index is 0.407. The van der Waals surface area contributed by atoms with Crippen LogP contribution in [0.15, 0.2) is 28.7 Å². The van der Waals surface area contributed by atoms with Crippen molar-refractivity contribution in [3.05, 3.63) is 35.6 Å². The third-order valence-electron chi connectivity index (χ3n) is 4.76. The third kappa shape index (κ3) is 3.16. The topological polar surface area (TPSA) is 25.2 Å². The zero-order valence-electron chi connectivity index (χ0n) is 13.5. The first-order chi connectivity index (χ1) is 10.2. The van der Waals surface area contributed by atoms with Crippen LogP contribution in [0.25, 0.3) is 11.0 Å². The van der Waals surface area contributed by atoms with Gasteiger partial charge in [-0.1, -0.05) is 26.8 Å². The van der Waals surface area contributed by atoms with Gasteiger partial charge in [0.05, 0.1) is 6.04 Å². The van der Waals surface area contributed by atoms with Gasteiger partial charge in [-0.2, -0.15) is 0 Å². The lowest BCUT2D eigenvalue weighted by atomic mass is 9.97. The highest BCUT2D eigenvalue weighted by Crippen LogP contribution is 2.42. The van der Waals surface area contributed by atoms with Crippen LogP contribution in [0.4, 0.5) is 0 Å². The number of benzene rings is 1. The molecule has 2 nitrogen and oxygen atoms in total. The molecule has 1 aromatic carbocycles. The Bertz CT molecular complexity index is 597. The molecule has 1 aromatic heterocycles. The predicted octanol–water partition coefficient (Wildman–Crippen LogP) is 5.40. The van der Waals surface area contributed by atoms with Crippen LogP contribution in [0, 0.1) is 5.92 Å². The van der Waals surface area contributed by atoms with E-state index in [0.717, 1.165) is 23.8 Å². The molecule has 3 rings (SSSR count). The Morgan fingerprint density at radius 1 is 1.24 bits per heavy atom. The lowest BCUT2D eigenvalue weighted by Gasteiger charge is -2.14. The van der Waals surface area contributed by atoms with Crippen LogP contribution < -0.4 is 5.32 Å². The van der Waals surface area contributed by atoms with E-state index in [1.807, 2.05) is 0 Å². The Balaban J connectivity index is 1.88. The van der Waals surface area contributed by atoms with Crippen molar-refractivity contribution in [2.24, 2.45) is 5.92 Å². The van der Waals surface area contributed by atoms with Gasteiger partial charge < -0.3 is 9.73 Å². The number of fused-ring (bicyclic) bond motifs is 1. The van der Waals surface area contributed by atoms with Crippen molar-refractivity contribution >= 4 is 11.0 Å². The second-order valence-corrected chi connectivity index (χ2v) is 6.52. The molecular weight excluding hydrogens is 258 g/mol. The van der Waals surface area contributed by atoms with Gasteiger partial charge in [-0.3, -0.25) is 0 Å². The van der Waals surface area contributed by atoms with Crippen molar-refractivity contribution in [2.45, 2.75) is 58.4 Å². The summed E-state index contributed by atoms with van der Waals surface area (Å²) in [6.07, 6.45) is 5.01. The number of hydrogen-bond acceptors (Lipinski definition) is 2. The standard InChI is InChI=1S/C19H27NO/c1-4-10-20-19(14-6-7-14)18-12-16-11-15(13(3)5-2)8-9-17(16)21-18/h8-9,11-14,19-20H,4-7,10H2,1-3H3. The zero-order valence-corrected chi connectivity index (χ0v) is 13.5. The molecule has 0 saturated heterocycles. The minimum atomic E-state index is 0.407. The Morgan fingerprint density at radius 3 is 2.71 bits per heavy atom. The summed E-state index contributed by atoms with van der Waals surface area (Å²) in [5.41, 5.74) is 2.45. The Labute approximate surface area is 127 Å². The quantitative estimate of drug-likeness (QED) is 0.737. The summed E-state index contributed by atoms with van der Waals surface area (Å²) in [5, 5.41) is 4.92. The summed E-state index contributed by atoms with van der Waals surface area (Å²) >= 11 is 0. The summed E-state index contributed by atoms with van der Waals surface area (Å²) in [6, 6.07) is 9.33. The zero-order chi connectivity index (χ0) is 14.8. The molecule has 1 aliphatic rings. The predicted molar refractivity (Wildman–Crippen MR) is 88.7 cm³/mol. The van der Waals surface area contributed by atoms with Crippen LogP contribution in [0.2, 0.25) is 0 Å². The van der Waals surface area contributed by atoms with Crippen LogP contribution >= 0.6 is 0 Å². The van der Waals surface area contributed by atoms with E-state index in [4.69, 9.17) is 4.42 Å². The number of nitrogens with one attached hydrogen (secondary N) is 1. The van der Waals surface area contributed by atoms with Gasteiger partial charge >= 0.3 is 0 Å². The molecule has 21 heavy (non-hydrogen) atoms. The van der Waals surface area contributed by atoms with E-state index in [-0.39, 0.29) is 0 Å². The third-order valence-corrected chi connectivity index (χ3v) is 4.76. The van der Waals surface area contributed by atoms with Gasteiger partial charge in [0.1, 0.15) is 11.3 Å². The van der Waals surface area contributed by atoms with Gasteiger partial charge in [0, 0.05) is 5.39 Å². The summed E-state index contributed by atoms with van der Waals surface area (Å²) in [6.45, 7) is 7.82. The van der Waals surface area contributed by atoms with Crippen LogP contribution in [-0.2, 0) is 0 Å². The highest BCUT2D eigenvalue weighted by Gasteiger charge is 2.34. The Morgan fingerprint density at radius 2 is 2.05 bits per heavy atom. The van der Waals surface area contributed by atoms with Crippen LogP contribution in [0.3, 0.4) is 0 Å². The fourth-order valence-electron chi connectivity index (χ4n) is 3.01. The van der Waals surface area contributed by atoms with E-state index in [9.17, 15) is 0 Å². The molecule has 0 bridgehead atoms. The second-order valence-electron chi connectivity index (χ2n) is 6.52. The molecule has 0 spiro atoms. The normalized spacial score (nSPS) is 18.0. The summed E-state index contributed by atoms with van der Waals surface area (Å²) in [5.74, 6) is 2.51. The molecule has 1 N–H and O–H groups in total. The second kappa shape index (κ2) is 6.23. The molecule has 1 saturated carbocycles.